The number of carbonyl (C=O) groups is 1. The van der Waals surface area contributed by atoms with Gasteiger partial charge in [-0.05, 0) is 30.3 Å². The second-order valence-electron chi connectivity index (χ2n) is 5.77. The molecule has 0 atom stereocenters. The van der Waals surface area contributed by atoms with Crippen molar-refractivity contribution in [2.45, 2.75) is 0 Å². The number of hydrogen-bond acceptors (Lipinski definition) is 8. The predicted molar refractivity (Wildman–Crippen MR) is 96.3 cm³/mol. The molecular weight excluding hydrogens is 352 g/mol. The van der Waals surface area contributed by atoms with Gasteiger partial charge < -0.3 is 23.7 Å². The number of fused-ring (bicyclic) bond motifs is 2. The Kier molecular flexibility index (Phi) is 4.35. The molecule has 0 unspecified atom stereocenters. The van der Waals surface area contributed by atoms with Crippen molar-refractivity contribution in [3.05, 3.63) is 48.3 Å². The highest BCUT2D eigenvalue weighted by molar-refractivity contribution is 5.94. The van der Waals surface area contributed by atoms with Crippen molar-refractivity contribution >= 4 is 34.1 Å². The van der Waals surface area contributed by atoms with Crippen LogP contribution in [-0.4, -0.2) is 38.8 Å². The van der Waals surface area contributed by atoms with Crippen molar-refractivity contribution in [2.24, 2.45) is 7.05 Å². The zero-order chi connectivity index (χ0) is 18.8. The number of benzene rings is 2. The van der Waals surface area contributed by atoms with Crippen LogP contribution in [0.4, 0.5) is 6.01 Å². The maximum Gasteiger partial charge on any atom is 0.363 e. The Morgan fingerprint density at radius 2 is 2.15 bits per heavy atom. The van der Waals surface area contributed by atoms with Gasteiger partial charge in [-0.3, -0.25) is 0 Å². The Bertz CT molecular complexity index is 1120. The van der Waals surface area contributed by atoms with E-state index in [1.807, 2.05) is 11.6 Å². The highest BCUT2D eigenvalue weighted by Gasteiger charge is 2.13. The van der Waals surface area contributed by atoms with Gasteiger partial charge in [0.2, 0.25) is 0 Å². The average Bonchev–Trinajstić information content (AvgIpc) is 3.26. The molecule has 0 saturated carbocycles. The van der Waals surface area contributed by atoms with Crippen molar-refractivity contribution in [1.82, 2.24) is 14.5 Å². The Balaban J connectivity index is 1.46. The second-order valence-corrected chi connectivity index (χ2v) is 5.77. The lowest BCUT2D eigenvalue weighted by Gasteiger charge is -2.03. The third-order valence-corrected chi connectivity index (χ3v) is 3.91. The topological polar surface area (TPSA) is 112 Å². The summed E-state index contributed by atoms with van der Waals surface area (Å²) in [5, 5.41) is 8.80. The quantitative estimate of drug-likeness (QED) is 0.499. The number of anilines is 1. The van der Waals surface area contributed by atoms with Crippen LogP contribution in [-0.2, 0) is 11.9 Å². The molecule has 27 heavy (non-hydrogen) atoms. The summed E-state index contributed by atoms with van der Waals surface area (Å²) in [5.41, 5.74) is 5.41. The van der Waals surface area contributed by atoms with Crippen molar-refractivity contribution in [3.63, 3.8) is 0 Å². The molecule has 2 N–H and O–H groups in total. The molecule has 2 aromatic carbocycles. The number of nitrogens with zero attached hydrogens (tertiary/aromatic N) is 3. The first-order chi connectivity index (χ1) is 13.1. The molecule has 4 aromatic rings. The fourth-order valence-electron chi connectivity index (χ4n) is 2.61. The molecule has 2 aromatic heterocycles. The molecule has 9 nitrogen and oxygen atoms in total. The maximum atomic E-state index is 12.2. The number of hydrogen-bond donors (Lipinski definition) is 2. The molecule has 0 aliphatic heterocycles. The lowest BCUT2D eigenvalue weighted by Crippen LogP contribution is -2.10. The standard InChI is InChI=1S/C18H16N4O5/c1-22-10-19-14-8-11(2-5-15(14)22)17(24)27-21-18-20-13-4-3-12(25-7-6-23)9-16(13)26-18/h2-5,8-10,23H,6-7H2,1H3,(H,20,21). The second kappa shape index (κ2) is 6.96. The van der Waals surface area contributed by atoms with Gasteiger partial charge in [-0.25, -0.2) is 9.78 Å². The fourth-order valence-corrected chi connectivity index (χ4v) is 2.61. The largest absolute Gasteiger partial charge is 0.491 e. The Hall–Kier alpha value is -3.59. The van der Waals surface area contributed by atoms with E-state index >= 15 is 0 Å². The Morgan fingerprint density at radius 1 is 1.26 bits per heavy atom. The van der Waals surface area contributed by atoms with E-state index in [2.05, 4.69) is 15.4 Å². The summed E-state index contributed by atoms with van der Waals surface area (Å²) in [7, 11) is 1.88. The molecule has 0 amide bonds. The molecule has 0 aliphatic rings. The van der Waals surface area contributed by atoms with E-state index in [1.54, 1.807) is 42.7 Å². The first-order valence-corrected chi connectivity index (χ1v) is 8.16. The summed E-state index contributed by atoms with van der Waals surface area (Å²) in [6.07, 6.45) is 1.68. The van der Waals surface area contributed by atoms with Crippen LogP contribution in [0.1, 0.15) is 10.4 Å². The number of aliphatic hydroxyl groups excluding tert-OH is 1. The summed E-state index contributed by atoms with van der Waals surface area (Å²) in [5.74, 6) is -0.0447. The van der Waals surface area contributed by atoms with Crippen LogP contribution in [0.2, 0.25) is 0 Å². The van der Waals surface area contributed by atoms with Crippen molar-refractivity contribution in [1.29, 1.82) is 0 Å². The highest BCUT2D eigenvalue weighted by Crippen LogP contribution is 2.24. The minimum Gasteiger partial charge on any atom is -0.491 e. The number of imidazole rings is 1. The van der Waals surface area contributed by atoms with Gasteiger partial charge in [0.05, 0.1) is 29.5 Å². The number of rotatable bonds is 6. The zero-order valence-electron chi connectivity index (χ0n) is 14.4. The van der Waals surface area contributed by atoms with Gasteiger partial charge in [0.25, 0.3) is 0 Å². The van der Waals surface area contributed by atoms with Crippen molar-refractivity contribution < 1.29 is 23.9 Å². The molecule has 2 heterocycles. The van der Waals surface area contributed by atoms with Crippen LogP contribution in [0.25, 0.3) is 22.1 Å². The van der Waals surface area contributed by atoms with Gasteiger partial charge in [-0.15, -0.1) is 0 Å². The Labute approximate surface area is 153 Å². The summed E-state index contributed by atoms with van der Waals surface area (Å²) >= 11 is 0. The highest BCUT2D eigenvalue weighted by atomic mass is 16.7. The number of oxazole rings is 1. The van der Waals surface area contributed by atoms with E-state index in [4.69, 9.17) is 19.1 Å². The van der Waals surface area contributed by atoms with E-state index in [0.717, 1.165) is 5.52 Å². The zero-order valence-corrected chi connectivity index (χ0v) is 14.4. The number of carbonyl (C=O) groups excluding carboxylic acids is 1. The number of ether oxygens (including phenoxy) is 1. The molecular formula is C18H16N4O5. The first-order valence-electron chi connectivity index (χ1n) is 8.16. The number of aliphatic hydroxyl groups is 1. The monoisotopic (exact) mass is 368 g/mol. The third-order valence-electron chi connectivity index (χ3n) is 3.91. The van der Waals surface area contributed by atoms with Crippen LogP contribution in [0.3, 0.4) is 0 Å². The minimum absolute atomic E-state index is 0.0385. The van der Waals surface area contributed by atoms with Crippen LogP contribution in [0, 0.1) is 0 Å². The fraction of sp³-hybridized carbons (Fsp3) is 0.167. The van der Waals surface area contributed by atoms with E-state index in [9.17, 15) is 4.79 Å². The molecule has 0 fully saturated rings. The van der Waals surface area contributed by atoms with Crippen LogP contribution in [0.5, 0.6) is 5.75 Å². The molecule has 0 bridgehead atoms. The molecule has 0 saturated heterocycles. The van der Waals surface area contributed by atoms with Crippen molar-refractivity contribution in [3.8, 4) is 5.75 Å². The van der Waals surface area contributed by atoms with Crippen LogP contribution in [0.15, 0.2) is 47.1 Å². The maximum absolute atomic E-state index is 12.2. The van der Waals surface area contributed by atoms with Gasteiger partial charge in [0.1, 0.15) is 17.9 Å². The minimum atomic E-state index is -0.586. The van der Waals surface area contributed by atoms with E-state index in [1.165, 1.54) is 0 Å². The number of aryl methyl sites for hydroxylation is 1. The molecule has 0 radical (unpaired) electrons. The van der Waals surface area contributed by atoms with Crippen LogP contribution < -0.4 is 10.2 Å². The lowest BCUT2D eigenvalue weighted by atomic mass is 10.2. The molecule has 0 aliphatic carbocycles. The van der Waals surface area contributed by atoms with E-state index < -0.39 is 5.97 Å². The molecule has 9 heteroatoms. The average molecular weight is 368 g/mol. The summed E-state index contributed by atoms with van der Waals surface area (Å²) in [4.78, 5) is 25.7. The lowest BCUT2D eigenvalue weighted by molar-refractivity contribution is 0.0586. The number of nitrogens with one attached hydrogen (secondary N) is 1. The molecule has 4 rings (SSSR count). The molecule has 0 spiro atoms. The summed E-state index contributed by atoms with van der Waals surface area (Å²) < 4.78 is 12.7. The summed E-state index contributed by atoms with van der Waals surface area (Å²) in [6.45, 7) is 0.102. The predicted octanol–water partition coefficient (Wildman–Crippen LogP) is 2.27. The van der Waals surface area contributed by atoms with Gasteiger partial charge in [0.15, 0.2) is 5.58 Å². The normalized spacial score (nSPS) is 11.0. The Morgan fingerprint density at radius 3 is 3.00 bits per heavy atom. The summed E-state index contributed by atoms with van der Waals surface area (Å²) in [6, 6.07) is 10.2. The van der Waals surface area contributed by atoms with Gasteiger partial charge in [-0.2, -0.15) is 10.5 Å². The SMILES string of the molecule is Cn1cnc2cc(C(=O)ONc3nc4ccc(OCCO)cc4o3)ccc21. The van der Waals surface area contributed by atoms with Crippen LogP contribution >= 0.6 is 0 Å². The van der Waals surface area contributed by atoms with E-state index in [-0.39, 0.29) is 19.2 Å². The van der Waals surface area contributed by atoms with E-state index in [0.29, 0.717) is 27.9 Å². The third kappa shape index (κ3) is 3.40. The van der Waals surface area contributed by atoms with Gasteiger partial charge in [-0.1, -0.05) is 0 Å². The molecule has 138 valence electrons. The van der Waals surface area contributed by atoms with Gasteiger partial charge >= 0.3 is 12.0 Å². The van der Waals surface area contributed by atoms with Crippen molar-refractivity contribution in [2.75, 3.05) is 18.7 Å². The number of aromatic nitrogens is 3. The smallest absolute Gasteiger partial charge is 0.363 e. The van der Waals surface area contributed by atoms with Gasteiger partial charge in [0, 0.05) is 13.1 Å². The first kappa shape index (κ1) is 16.9.